The Hall–Kier alpha value is -0.170. The van der Waals surface area contributed by atoms with Crippen LogP contribution in [0.4, 0.5) is 0 Å². The van der Waals surface area contributed by atoms with E-state index in [2.05, 4.69) is 4.90 Å². The van der Waals surface area contributed by atoms with Crippen LogP contribution in [0.25, 0.3) is 0 Å². The largest absolute Gasteiger partial charge is 0.374 e. The van der Waals surface area contributed by atoms with Gasteiger partial charge in [-0.3, -0.25) is 4.90 Å². The summed E-state index contributed by atoms with van der Waals surface area (Å²) in [5.74, 6) is 0.280. The molecule has 1 aliphatic carbocycles. The van der Waals surface area contributed by atoms with Crippen LogP contribution in [-0.4, -0.2) is 62.7 Å². The molecule has 0 aromatic rings. The van der Waals surface area contributed by atoms with E-state index in [0.717, 1.165) is 39.0 Å². The van der Waals surface area contributed by atoms with E-state index < -0.39 is 9.84 Å². The number of sulfone groups is 1. The lowest BCUT2D eigenvalue weighted by atomic mass is 9.81. The summed E-state index contributed by atoms with van der Waals surface area (Å²) in [6, 6.07) is 0.555. The number of ether oxygens (including phenoxy) is 1. The number of nitrogens with two attached hydrogens (primary N) is 1. The lowest BCUT2D eigenvalue weighted by Crippen LogP contribution is -2.55. The van der Waals surface area contributed by atoms with E-state index in [4.69, 9.17) is 10.5 Å². The Balaban J connectivity index is 1.60. The first-order chi connectivity index (χ1) is 9.95. The third-order valence-corrected chi connectivity index (χ3v) is 7.30. The van der Waals surface area contributed by atoms with Crippen LogP contribution in [0.5, 0.6) is 0 Å². The van der Waals surface area contributed by atoms with Gasteiger partial charge >= 0.3 is 0 Å². The first kappa shape index (κ1) is 15.7. The van der Waals surface area contributed by atoms with Crippen molar-refractivity contribution in [1.82, 2.24) is 4.90 Å². The van der Waals surface area contributed by atoms with Gasteiger partial charge < -0.3 is 10.5 Å². The predicted octanol–water partition coefficient (Wildman–Crippen LogP) is 0.780. The predicted molar refractivity (Wildman–Crippen MR) is 82.9 cm³/mol. The summed E-state index contributed by atoms with van der Waals surface area (Å²) in [5.41, 5.74) is 6.46. The van der Waals surface area contributed by atoms with Crippen molar-refractivity contribution in [2.24, 2.45) is 11.7 Å². The van der Waals surface area contributed by atoms with Crippen molar-refractivity contribution in [3.05, 3.63) is 0 Å². The van der Waals surface area contributed by atoms with Gasteiger partial charge in [0.25, 0.3) is 0 Å². The maximum absolute atomic E-state index is 11.8. The second-order valence-corrected chi connectivity index (χ2v) is 9.44. The van der Waals surface area contributed by atoms with Gasteiger partial charge in [0, 0.05) is 24.9 Å². The van der Waals surface area contributed by atoms with Gasteiger partial charge in [0.1, 0.15) is 9.84 Å². The molecule has 21 heavy (non-hydrogen) atoms. The molecule has 5 nitrogen and oxygen atoms in total. The zero-order valence-electron chi connectivity index (χ0n) is 12.9. The zero-order chi connectivity index (χ0) is 15.0. The molecule has 3 aliphatic rings. The second-order valence-electron chi connectivity index (χ2n) is 7.12. The Morgan fingerprint density at radius 2 is 2.05 bits per heavy atom. The number of fused-ring (bicyclic) bond motifs is 1. The third-order valence-electron chi connectivity index (χ3n) is 5.66. The van der Waals surface area contributed by atoms with Gasteiger partial charge in [0.15, 0.2) is 0 Å². The van der Waals surface area contributed by atoms with Gasteiger partial charge in [-0.2, -0.15) is 0 Å². The molecule has 1 saturated carbocycles. The van der Waals surface area contributed by atoms with Crippen molar-refractivity contribution in [2.75, 3.05) is 26.0 Å². The summed E-state index contributed by atoms with van der Waals surface area (Å²) in [6.07, 6.45) is 7.44. The average Bonchev–Trinajstić information content (AvgIpc) is 2.93. The summed E-state index contributed by atoms with van der Waals surface area (Å²) < 4.78 is 29.6. The molecule has 2 heterocycles. The molecule has 122 valence electrons. The molecule has 0 bridgehead atoms. The number of hydrogen-bond donors (Lipinski definition) is 1. The molecule has 6 heteroatoms. The van der Waals surface area contributed by atoms with E-state index in [-0.39, 0.29) is 23.3 Å². The summed E-state index contributed by atoms with van der Waals surface area (Å²) in [5, 5.41) is -0.203. The van der Waals surface area contributed by atoms with Crippen molar-refractivity contribution >= 4 is 9.84 Å². The average molecular weight is 316 g/mol. The minimum Gasteiger partial charge on any atom is -0.374 e. The molecule has 2 aliphatic heterocycles. The van der Waals surface area contributed by atoms with Crippen LogP contribution in [-0.2, 0) is 14.6 Å². The zero-order valence-corrected chi connectivity index (χ0v) is 13.7. The van der Waals surface area contributed by atoms with Crippen LogP contribution in [0.1, 0.15) is 38.5 Å². The van der Waals surface area contributed by atoms with E-state index >= 15 is 0 Å². The Kier molecular flexibility index (Phi) is 4.60. The summed E-state index contributed by atoms with van der Waals surface area (Å²) in [7, 11) is -2.94. The topological polar surface area (TPSA) is 72.6 Å². The smallest absolute Gasteiger partial charge is 0.150 e. The van der Waals surface area contributed by atoms with E-state index in [1.807, 2.05) is 0 Å². The maximum Gasteiger partial charge on any atom is 0.150 e. The highest BCUT2D eigenvalue weighted by atomic mass is 32.2. The fourth-order valence-electron chi connectivity index (χ4n) is 4.30. The number of morpholine rings is 1. The molecule has 3 rings (SSSR count). The maximum atomic E-state index is 11.8. The summed E-state index contributed by atoms with van der Waals surface area (Å²) >= 11 is 0. The first-order valence-corrected chi connectivity index (χ1v) is 10.2. The van der Waals surface area contributed by atoms with E-state index in [1.54, 1.807) is 0 Å². The normalized spacial score (nSPS) is 39.9. The molecule has 0 aromatic heterocycles. The van der Waals surface area contributed by atoms with Crippen molar-refractivity contribution in [2.45, 2.75) is 62.0 Å². The van der Waals surface area contributed by atoms with Crippen LogP contribution in [0.2, 0.25) is 0 Å². The fourth-order valence-corrected chi connectivity index (χ4v) is 5.49. The Labute approximate surface area is 128 Å². The molecule has 0 aromatic carbocycles. The number of nitrogens with zero attached hydrogens (tertiary/aromatic N) is 1. The van der Waals surface area contributed by atoms with Crippen LogP contribution < -0.4 is 5.73 Å². The van der Waals surface area contributed by atoms with Gasteiger partial charge in [-0.05, 0) is 44.6 Å². The van der Waals surface area contributed by atoms with Gasteiger partial charge in [0.05, 0.1) is 18.0 Å². The molecular formula is C15H28N2O3S. The van der Waals surface area contributed by atoms with E-state index in [0.29, 0.717) is 12.5 Å². The van der Waals surface area contributed by atoms with Crippen molar-refractivity contribution < 1.29 is 13.2 Å². The quantitative estimate of drug-likeness (QED) is 0.833. The molecule has 3 fully saturated rings. The van der Waals surface area contributed by atoms with Crippen LogP contribution in [0.3, 0.4) is 0 Å². The summed E-state index contributed by atoms with van der Waals surface area (Å²) in [6.45, 7) is 2.88. The lowest BCUT2D eigenvalue weighted by molar-refractivity contribution is -0.0690. The Morgan fingerprint density at radius 3 is 2.81 bits per heavy atom. The Bertz CT molecular complexity index is 468. The molecule has 2 saturated heterocycles. The third kappa shape index (κ3) is 3.44. The Morgan fingerprint density at radius 1 is 1.24 bits per heavy atom. The SMILES string of the molecule is CS(=O)(=O)C1CCCC(C(N)C2CN3CCCC3CO2)C1. The van der Waals surface area contributed by atoms with Crippen molar-refractivity contribution in [3.8, 4) is 0 Å². The molecule has 0 spiro atoms. The lowest BCUT2D eigenvalue weighted by Gasteiger charge is -2.41. The van der Waals surface area contributed by atoms with Crippen molar-refractivity contribution in [3.63, 3.8) is 0 Å². The minimum atomic E-state index is -2.94. The van der Waals surface area contributed by atoms with Crippen LogP contribution in [0.15, 0.2) is 0 Å². The minimum absolute atomic E-state index is 0.0314. The van der Waals surface area contributed by atoms with Gasteiger partial charge in [-0.25, -0.2) is 8.42 Å². The summed E-state index contributed by atoms with van der Waals surface area (Å²) in [4.78, 5) is 2.50. The monoisotopic (exact) mass is 316 g/mol. The van der Waals surface area contributed by atoms with Crippen LogP contribution >= 0.6 is 0 Å². The van der Waals surface area contributed by atoms with E-state index in [1.165, 1.54) is 19.1 Å². The molecule has 2 N–H and O–H groups in total. The van der Waals surface area contributed by atoms with Crippen LogP contribution in [0, 0.1) is 5.92 Å². The highest BCUT2D eigenvalue weighted by Crippen LogP contribution is 2.33. The van der Waals surface area contributed by atoms with Crippen molar-refractivity contribution in [1.29, 1.82) is 0 Å². The highest BCUT2D eigenvalue weighted by molar-refractivity contribution is 7.91. The molecule has 0 radical (unpaired) electrons. The van der Waals surface area contributed by atoms with E-state index in [9.17, 15) is 8.42 Å². The van der Waals surface area contributed by atoms with Gasteiger partial charge in [0.2, 0.25) is 0 Å². The molecule has 5 atom stereocenters. The second kappa shape index (κ2) is 6.14. The van der Waals surface area contributed by atoms with Gasteiger partial charge in [-0.15, -0.1) is 0 Å². The molecule has 5 unspecified atom stereocenters. The highest BCUT2D eigenvalue weighted by Gasteiger charge is 2.39. The van der Waals surface area contributed by atoms with Gasteiger partial charge in [-0.1, -0.05) is 6.42 Å². The standard InChI is InChI=1S/C15H28N2O3S/c1-21(18,19)13-6-2-4-11(8-13)15(16)14-9-17-7-3-5-12(17)10-20-14/h11-15H,2-10,16H2,1H3. The molecule has 0 amide bonds. The first-order valence-electron chi connectivity index (χ1n) is 8.25. The number of hydrogen-bond acceptors (Lipinski definition) is 5. The molecular weight excluding hydrogens is 288 g/mol. The fraction of sp³-hybridized carbons (Fsp3) is 1.00. The number of rotatable bonds is 3.